The normalized spacial score (nSPS) is 11.3. The third-order valence-electron chi connectivity index (χ3n) is 5.10. The average molecular weight is 382 g/mol. The third kappa shape index (κ3) is 3.01. The smallest absolute Gasteiger partial charge is 0.166 e. The van der Waals surface area contributed by atoms with Gasteiger partial charge in [0.05, 0.1) is 11.4 Å². The van der Waals surface area contributed by atoms with Crippen LogP contribution in [0, 0.1) is 19.7 Å². The zero-order valence-corrected chi connectivity index (χ0v) is 16.2. The Bertz CT molecular complexity index is 1300. The highest BCUT2D eigenvalue weighted by Gasteiger charge is 2.18. The van der Waals surface area contributed by atoms with Crippen molar-refractivity contribution in [1.82, 2.24) is 19.2 Å². The van der Waals surface area contributed by atoms with E-state index in [-0.39, 0.29) is 5.82 Å². The van der Waals surface area contributed by atoms with Gasteiger partial charge >= 0.3 is 0 Å². The third-order valence-corrected chi connectivity index (χ3v) is 5.10. The number of nitrogens with zero attached hydrogens (tertiary/aromatic N) is 4. The quantitative estimate of drug-likeness (QED) is 0.406. The molecule has 0 aliphatic carbocycles. The van der Waals surface area contributed by atoms with Crippen LogP contribution in [0.2, 0.25) is 0 Å². The second kappa shape index (κ2) is 6.71. The number of rotatable bonds is 3. The molecule has 0 fully saturated rings. The van der Waals surface area contributed by atoms with Gasteiger partial charge in [-0.05, 0) is 55.8 Å². The Labute approximate surface area is 167 Å². The van der Waals surface area contributed by atoms with Gasteiger partial charge in [0.2, 0.25) is 0 Å². The minimum absolute atomic E-state index is 0.262. The number of fused-ring (bicyclic) bond motifs is 1. The highest BCUT2D eigenvalue weighted by molar-refractivity contribution is 5.82. The Kier molecular flexibility index (Phi) is 4.02. The van der Waals surface area contributed by atoms with Crippen molar-refractivity contribution in [3.63, 3.8) is 0 Å². The molecule has 0 aliphatic heterocycles. The van der Waals surface area contributed by atoms with Crippen molar-refractivity contribution < 1.29 is 4.39 Å². The highest BCUT2D eigenvalue weighted by Crippen LogP contribution is 2.31. The summed E-state index contributed by atoms with van der Waals surface area (Å²) >= 11 is 0. The number of halogens is 1. The molecule has 29 heavy (non-hydrogen) atoms. The molecule has 0 unspecified atom stereocenters. The molecule has 0 saturated heterocycles. The lowest BCUT2D eigenvalue weighted by molar-refractivity contribution is 0.628. The van der Waals surface area contributed by atoms with Crippen LogP contribution in [0.1, 0.15) is 11.3 Å². The van der Waals surface area contributed by atoms with E-state index in [0.717, 1.165) is 39.5 Å². The molecule has 0 aliphatic rings. The van der Waals surface area contributed by atoms with Crippen LogP contribution in [0.15, 0.2) is 79.1 Å². The molecule has 0 amide bonds. The van der Waals surface area contributed by atoms with Crippen LogP contribution in [0.25, 0.3) is 33.8 Å². The predicted molar refractivity (Wildman–Crippen MR) is 113 cm³/mol. The van der Waals surface area contributed by atoms with Crippen molar-refractivity contribution in [1.29, 1.82) is 0 Å². The van der Waals surface area contributed by atoms with Gasteiger partial charge in [0, 0.05) is 29.6 Å². The lowest BCUT2D eigenvalue weighted by Crippen LogP contribution is -2.02. The Morgan fingerprint density at radius 2 is 1.48 bits per heavy atom. The van der Waals surface area contributed by atoms with E-state index in [1.807, 2.05) is 46.6 Å². The molecule has 5 heteroatoms. The first-order chi connectivity index (χ1) is 14.1. The summed E-state index contributed by atoms with van der Waals surface area (Å²) in [4.78, 5) is 4.93. The first-order valence-corrected chi connectivity index (χ1v) is 9.47. The fraction of sp³-hybridized carbons (Fsp3) is 0.0833. The Morgan fingerprint density at radius 3 is 2.17 bits per heavy atom. The van der Waals surface area contributed by atoms with Gasteiger partial charge in [-0.2, -0.15) is 5.10 Å². The number of aromatic nitrogens is 4. The van der Waals surface area contributed by atoms with Crippen LogP contribution in [-0.4, -0.2) is 19.2 Å². The molecule has 5 rings (SSSR count). The van der Waals surface area contributed by atoms with Gasteiger partial charge < -0.3 is 4.57 Å². The molecular formula is C24H19FN4. The summed E-state index contributed by atoms with van der Waals surface area (Å²) in [6, 6.07) is 20.8. The molecule has 2 aromatic carbocycles. The van der Waals surface area contributed by atoms with Crippen LogP contribution < -0.4 is 0 Å². The molecule has 0 bridgehead atoms. The van der Waals surface area contributed by atoms with Gasteiger partial charge in [0.1, 0.15) is 11.6 Å². The van der Waals surface area contributed by atoms with Gasteiger partial charge in [-0.1, -0.05) is 29.8 Å². The van der Waals surface area contributed by atoms with E-state index in [2.05, 4.69) is 31.2 Å². The van der Waals surface area contributed by atoms with Crippen LogP contribution in [0.5, 0.6) is 0 Å². The first-order valence-electron chi connectivity index (χ1n) is 9.47. The maximum atomic E-state index is 13.5. The summed E-state index contributed by atoms with van der Waals surface area (Å²) < 4.78 is 17.3. The standard InChI is InChI=1S/C24H19FN4/c1-16-5-7-19(8-6-16)23-17(2)27-29-21(18-9-11-20(25)12-10-18)15-22(26-24(23)29)28-13-3-4-14-28/h3-15H,1-2H3. The molecule has 0 N–H and O–H groups in total. The molecule has 4 nitrogen and oxygen atoms in total. The van der Waals surface area contributed by atoms with Crippen LogP contribution >= 0.6 is 0 Å². The second-order valence-corrected chi connectivity index (χ2v) is 7.16. The lowest BCUT2D eigenvalue weighted by Gasteiger charge is -2.10. The highest BCUT2D eigenvalue weighted by atomic mass is 19.1. The van der Waals surface area contributed by atoms with E-state index in [4.69, 9.17) is 10.1 Å². The van der Waals surface area contributed by atoms with Gasteiger partial charge in [-0.3, -0.25) is 0 Å². The maximum Gasteiger partial charge on any atom is 0.166 e. The van der Waals surface area contributed by atoms with Crippen molar-refractivity contribution in [2.24, 2.45) is 0 Å². The molecule has 5 aromatic rings. The van der Waals surface area contributed by atoms with E-state index in [9.17, 15) is 4.39 Å². The molecular weight excluding hydrogens is 363 g/mol. The predicted octanol–water partition coefficient (Wildman–Crippen LogP) is 5.61. The summed E-state index contributed by atoms with van der Waals surface area (Å²) in [6.07, 6.45) is 3.92. The van der Waals surface area contributed by atoms with Gasteiger partial charge in [-0.25, -0.2) is 13.9 Å². The van der Waals surface area contributed by atoms with Crippen molar-refractivity contribution in [2.45, 2.75) is 13.8 Å². The van der Waals surface area contributed by atoms with Crippen molar-refractivity contribution in [2.75, 3.05) is 0 Å². The van der Waals surface area contributed by atoms with Gasteiger partial charge in [0.25, 0.3) is 0 Å². The van der Waals surface area contributed by atoms with Gasteiger partial charge in [0.15, 0.2) is 5.65 Å². The van der Waals surface area contributed by atoms with Crippen molar-refractivity contribution in [3.8, 4) is 28.2 Å². The van der Waals surface area contributed by atoms with Crippen LogP contribution in [-0.2, 0) is 0 Å². The molecule has 0 saturated carbocycles. The van der Waals surface area contributed by atoms with E-state index >= 15 is 0 Å². The zero-order valence-electron chi connectivity index (χ0n) is 16.2. The molecule has 0 spiro atoms. The summed E-state index contributed by atoms with van der Waals surface area (Å²) in [5, 5.41) is 4.78. The van der Waals surface area contributed by atoms with E-state index in [1.54, 1.807) is 12.1 Å². The fourth-order valence-electron chi connectivity index (χ4n) is 3.61. The van der Waals surface area contributed by atoms with Crippen molar-refractivity contribution in [3.05, 3.63) is 96.2 Å². The number of benzene rings is 2. The Balaban J connectivity index is 1.83. The Hall–Kier alpha value is -3.73. The van der Waals surface area contributed by atoms with E-state index in [0.29, 0.717) is 0 Å². The fourth-order valence-corrected chi connectivity index (χ4v) is 3.61. The first kappa shape index (κ1) is 17.4. The monoisotopic (exact) mass is 382 g/mol. The summed E-state index contributed by atoms with van der Waals surface area (Å²) in [7, 11) is 0. The topological polar surface area (TPSA) is 35.1 Å². The van der Waals surface area contributed by atoms with E-state index < -0.39 is 0 Å². The van der Waals surface area contributed by atoms with Crippen LogP contribution in [0.3, 0.4) is 0 Å². The average Bonchev–Trinajstić information content (AvgIpc) is 3.36. The number of hydrogen-bond donors (Lipinski definition) is 0. The van der Waals surface area contributed by atoms with Crippen molar-refractivity contribution >= 4 is 5.65 Å². The Morgan fingerprint density at radius 1 is 0.828 bits per heavy atom. The second-order valence-electron chi connectivity index (χ2n) is 7.16. The zero-order chi connectivity index (χ0) is 20.0. The number of hydrogen-bond acceptors (Lipinski definition) is 2. The minimum Gasteiger partial charge on any atom is -0.309 e. The summed E-state index contributed by atoms with van der Waals surface area (Å²) in [5.41, 5.74) is 6.69. The summed E-state index contributed by atoms with van der Waals surface area (Å²) in [5.74, 6) is 0.525. The molecule has 142 valence electrons. The maximum absolute atomic E-state index is 13.5. The van der Waals surface area contributed by atoms with Gasteiger partial charge in [-0.15, -0.1) is 0 Å². The minimum atomic E-state index is -0.262. The molecule has 0 atom stereocenters. The largest absolute Gasteiger partial charge is 0.309 e. The lowest BCUT2D eigenvalue weighted by atomic mass is 10.0. The molecule has 3 aromatic heterocycles. The van der Waals surface area contributed by atoms with E-state index in [1.165, 1.54) is 17.7 Å². The van der Waals surface area contributed by atoms with Crippen LogP contribution in [0.4, 0.5) is 4.39 Å². The summed E-state index contributed by atoms with van der Waals surface area (Å²) in [6.45, 7) is 4.06. The number of aryl methyl sites for hydroxylation is 2. The molecule has 0 radical (unpaired) electrons. The SMILES string of the molecule is Cc1ccc(-c2c(C)nn3c(-c4ccc(F)cc4)cc(-n4cccc4)nc23)cc1. The molecule has 3 heterocycles.